The fraction of sp³-hybridized carbons (Fsp3) is 0.300. The van der Waals surface area contributed by atoms with Gasteiger partial charge in [-0.05, 0) is 17.7 Å². The first-order valence-electron chi connectivity index (χ1n) is 4.23. The summed E-state index contributed by atoms with van der Waals surface area (Å²) in [7, 11) is 1.49. The molecule has 0 spiro atoms. The van der Waals surface area contributed by atoms with Crippen LogP contribution in [0.3, 0.4) is 0 Å². The van der Waals surface area contributed by atoms with Crippen LogP contribution >= 0.6 is 0 Å². The fourth-order valence-corrected chi connectivity index (χ4v) is 1.21. The van der Waals surface area contributed by atoms with Crippen LogP contribution in [0.5, 0.6) is 0 Å². The van der Waals surface area contributed by atoms with Crippen LogP contribution in [0.4, 0.5) is 5.69 Å². The summed E-state index contributed by atoms with van der Waals surface area (Å²) in [5.41, 5.74) is 6.99. The summed E-state index contributed by atoms with van der Waals surface area (Å²) in [5, 5.41) is 8.63. The zero-order valence-electron chi connectivity index (χ0n) is 7.93. The molecule has 76 valence electrons. The molecule has 4 nitrogen and oxygen atoms in total. The molecule has 0 radical (unpaired) electrons. The Balaban J connectivity index is 2.78. The zero-order chi connectivity index (χ0) is 10.6. The number of rotatable bonds is 4. The van der Waals surface area contributed by atoms with E-state index in [9.17, 15) is 4.79 Å². The van der Waals surface area contributed by atoms with E-state index in [1.165, 1.54) is 7.11 Å². The molecule has 0 fully saturated rings. The molecule has 1 rings (SSSR count). The Morgan fingerprint density at radius 2 is 2.07 bits per heavy atom. The van der Waals surface area contributed by atoms with Crippen LogP contribution in [0.25, 0.3) is 0 Å². The molecular weight excluding hydrogens is 182 g/mol. The van der Waals surface area contributed by atoms with Crippen molar-refractivity contribution in [2.75, 3.05) is 12.8 Å². The number of benzene rings is 1. The van der Waals surface area contributed by atoms with Crippen molar-refractivity contribution in [2.45, 2.75) is 12.5 Å². The number of carboxylic acid groups (broad SMARTS) is 1. The summed E-state index contributed by atoms with van der Waals surface area (Å²) in [4.78, 5) is 10.5. The van der Waals surface area contributed by atoms with Crippen molar-refractivity contribution in [2.24, 2.45) is 0 Å². The Morgan fingerprint density at radius 3 is 2.50 bits per heavy atom. The highest BCUT2D eigenvalue weighted by Gasteiger charge is 2.13. The van der Waals surface area contributed by atoms with E-state index in [2.05, 4.69) is 0 Å². The van der Waals surface area contributed by atoms with E-state index in [1.807, 2.05) is 0 Å². The SMILES string of the molecule is CO[C@H](CC(=O)O)c1ccc(N)cc1. The summed E-state index contributed by atoms with van der Waals surface area (Å²) in [5.74, 6) is -0.881. The quantitative estimate of drug-likeness (QED) is 0.713. The molecule has 1 aromatic carbocycles. The Hall–Kier alpha value is -1.55. The Morgan fingerprint density at radius 1 is 1.50 bits per heavy atom. The molecule has 0 unspecified atom stereocenters. The predicted octanol–water partition coefficient (Wildman–Crippen LogP) is 1.43. The molecule has 4 heteroatoms. The Kier molecular flexibility index (Phi) is 3.48. The lowest BCUT2D eigenvalue weighted by Gasteiger charge is -2.13. The van der Waals surface area contributed by atoms with Gasteiger partial charge in [-0.25, -0.2) is 0 Å². The largest absolute Gasteiger partial charge is 0.481 e. The minimum atomic E-state index is -0.881. The van der Waals surface area contributed by atoms with E-state index in [-0.39, 0.29) is 6.42 Å². The number of methoxy groups -OCH3 is 1. The molecular formula is C10H13NO3. The molecule has 0 aromatic heterocycles. The smallest absolute Gasteiger partial charge is 0.306 e. The van der Waals surface area contributed by atoms with Crippen LogP contribution in [0.2, 0.25) is 0 Å². The highest BCUT2D eigenvalue weighted by molar-refractivity contribution is 5.67. The maximum atomic E-state index is 10.5. The molecule has 0 amide bonds. The third-order valence-corrected chi connectivity index (χ3v) is 1.95. The molecule has 0 aliphatic carbocycles. The van der Waals surface area contributed by atoms with Crippen molar-refractivity contribution < 1.29 is 14.6 Å². The van der Waals surface area contributed by atoms with Gasteiger partial charge in [0, 0.05) is 12.8 Å². The normalized spacial score (nSPS) is 12.4. The van der Waals surface area contributed by atoms with Gasteiger partial charge in [0.05, 0.1) is 12.5 Å². The zero-order valence-corrected chi connectivity index (χ0v) is 7.93. The molecule has 0 saturated heterocycles. The fourth-order valence-electron chi connectivity index (χ4n) is 1.21. The van der Waals surface area contributed by atoms with Gasteiger partial charge in [0.25, 0.3) is 0 Å². The lowest BCUT2D eigenvalue weighted by Crippen LogP contribution is -2.08. The highest BCUT2D eigenvalue weighted by Crippen LogP contribution is 2.21. The maximum absolute atomic E-state index is 10.5. The van der Waals surface area contributed by atoms with E-state index >= 15 is 0 Å². The van der Waals surface area contributed by atoms with E-state index in [0.717, 1.165) is 5.56 Å². The average molecular weight is 195 g/mol. The van der Waals surface area contributed by atoms with Crippen molar-refractivity contribution in [3.8, 4) is 0 Å². The van der Waals surface area contributed by atoms with E-state index in [0.29, 0.717) is 5.69 Å². The van der Waals surface area contributed by atoms with Crippen LogP contribution in [-0.4, -0.2) is 18.2 Å². The van der Waals surface area contributed by atoms with E-state index in [4.69, 9.17) is 15.6 Å². The number of carboxylic acids is 1. The van der Waals surface area contributed by atoms with Gasteiger partial charge in [-0.3, -0.25) is 4.79 Å². The molecule has 0 saturated carbocycles. The van der Waals surface area contributed by atoms with Crippen molar-refractivity contribution in [1.29, 1.82) is 0 Å². The number of nitrogen functional groups attached to an aromatic ring is 1. The second-order valence-electron chi connectivity index (χ2n) is 2.99. The first-order valence-corrected chi connectivity index (χ1v) is 4.23. The third kappa shape index (κ3) is 2.74. The first kappa shape index (κ1) is 10.5. The van der Waals surface area contributed by atoms with E-state index < -0.39 is 12.1 Å². The lowest BCUT2D eigenvalue weighted by molar-refractivity contribution is -0.139. The molecule has 3 N–H and O–H groups in total. The summed E-state index contributed by atoms with van der Waals surface area (Å²) >= 11 is 0. The lowest BCUT2D eigenvalue weighted by atomic mass is 10.1. The van der Waals surface area contributed by atoms with Crippen LogP contribution in [-0.2, 0) is 9.53 Å². The number of aliphatic carboxylic acids is 1. The number of carbonyl (C=O) groups is 1. The van der Waals surface area contributed by atoms with Gasteiger partial charge in [-0.1, -0.05) is 12.1 Å². The summed E-state index contributed by atoms with van der Waals surface area (Å²) in [6.07, 6.45) is -0.450. The number of hydrogen-bond acceptors (Lipinski definition) is 3. The molecule has 14 heavy (non-hydrogen) atoms. The van der Waals surface area contributed by atoms with Crippen LogP contribution in [0.1, 0.15) is 18.1 Å². The number of nitrogens with two attached hydrogens (primary N) is 1. The molecule has 0 bridgehead atoms. The van der Waals surface area contributed by atoms with Gasteiger partial charge in [0.1, 0.15) is 0 Å². The minimum Gasteiger partial charge on any atom is -0.481 e. The summed E-state index contributed by atoms with van der Waals surface area (Å²) in [6.45, 7) is 0. The Bertz CT molecular complexity index is 308. The van der Waals surface area contributed by atoms with Gasteiger partial charge < -0.3 is 15.6 Å². The second-order valence-corrected chi connectivity index (χ2v) is 2.99. The molecule has 0 aliphatic rings. The van der Waals surface area contributed by atoms with Gasteiger partial charge in [-0.15, -0.1) is 0 Å². The number of hydrogen-bond donors (Lipinski definition) is 2. The van der Waals surface area contributed by atoms with Crippen molar-refractivity contribution in [3.63, 3.8) is 0 Å². The monoisotopic (exact) mass is 195 g/mol. The van der Waals surface area contributed by atoms with Crippen molar-refractivity contribution >= 4 is 11.7 Å². The van der Waals surface area contributed by atoms with Crippen LogP contribution in [0.15, 0.2) is 24.3 Å². The molecule has 1 atom stereocenters. The standard InChI is InChI=1S/C10H13NO3/c1-14-9(6-10(12)13)7-2-4-8(11)5-3-7/h2-5,9H,6,11H2,1H3,(H,12,13)/t9-/m1/s1. The Labute approximate surface area is 82.3 Å². The average Bonchev–Trinajstić information content (AvgIpc) is 2.15. The maximum Gasteiger partial charge on any atom is 0.306 e. The molecule has 0 heterocycles. The molecule has 1 aromatic rings. The minimum absolute atomic E-state index is 0.0413. The summed E-state index contributed by atoms with van der Waals surface area (Å²) in [6, 6.07) is 6.99. The van der Waals surface area contributed by atoms with Crippen molar-refractivity contribution in [1.82, 2.24) is 0 Å². The number of ether oxygens (including phenoxy) is 1. The topological polar surface area (TPSA) is 72.5 Å². The van der Waals surface area contributed by atoms with Gasteiger partial charge >= 0.3 is 5.97 Å². The highest BCUT2D eigenvalue weighted by atomic mass is 16.5. The van der Waals surface area contributed by atoms with Gasteiger partial charge in [-0.2, -0.15) is 0 Å². The van der Waals surface area contributed by atoms with Gasteiger partial charge in [0.15, 0.2) is 0 Å². The summed E-state index contributed by atoms with van der Waals surface area (Å²) < 4.78 is 5.07. The predicted molar refractivity (Wildman–Crippen MR) is 52.9 cm³/mol. The van der Waals surface area contributed by atoms with Crippen LogP contribution in [0, 0.1) is 0 Å². The van der Waals surface area contributed by atoms with Crippen LogP contribution < -0.4 is 5.73 Å². The van der Waals surface area contributed by atoms with E-state index in [1.54, 1.807) is 24.3 Å². The first-order chi connectivity index (χ1) is 6.63. The van der Waals surface area contributed by atoms with Crippen molar-refractivity contribution in [3.05, 3.63) is 29.8 Å². The third-order valence-electron chi connectivity index (χ3n) is 1.95. The second kappa shape index (κ2) is 4.62. The number of anilines is 1. The van der Waals surface area contributed by atoms with Gasteiger partial charge in [0.2, 0.25) is 0 Å². The molecule has 0 aliphatic heterocycles.